The van der Waals surface area contributed by atoms with E-state index in [1.165, 1.54) is 18.2 Å². The maximum Gasteiger partial charge on any atom is 0.255 e. The zero-order valence-electron chi connectivity index (χ0n) is 16.6. The minimum Gasteiger partial charge on any atom is -0.354 e. The van der Waals surface area contributed by atoms with Crippen molar-refractivity contribution in [3.8, 4) is 0 Å². The standard InChI is InChI=1S/C21H21N5O4S/c27-20-14-26(10-8-23-20)31(29,30)19-6-2-4-17(12-19)21(28)24-18-5-1-3-16(11-18)13-25-9-7-22-15-25/h1-7,9,11-12,15H,8,10,13-14H2,(H,23,27)(H,24,28). The summed E-state index contributed by atoms with van der Waals surface area (Å²) in [6.07, 6.45) is 5.26. The van der Waals surface area contributed by atoms with Crippen LogP contribution in [-0.4, -0.2) is 53.7 Å². The van der Waals surface area contributed by atoms with Crippen LogP contribution in [0.25, 0.3) is 0 Å². The molecule has 1 aromatic heterocycles. The highest BCUT2D eigenvalue weighted by atomic mass is 32.2. The first-order valence-electron chi connectivity index (χ1n) is 9.65. The van der Waals surface area contributed by atoms with Crippen molar-refractivity contribution in [1.29, 1.82) is 0 Å². The van der Waals surface area contributed by atoms with Gasteiger partial charge in [0.2, 0.25) is 15.9 Å². The van der Waals surface area contributed by atoms with Gasteiger partial charge in [0.05, 0.1) is 17.8 Å². The SMILES string of the molecule is O=C1CN(S(=O)(=O)c2cccc(C(=O)Nc3cccc(Cn4ccnc4)c3)c2)CCN1. The maximum absolute atomic E-state index is 12.9. The van der Waals surface area contributed by atoms with Crippen molar-refractivity contribution in [2.45, 2.75) is 11.4 Å². The third-order valence-corrected chi connectivity index (χ3v) is 6.69. The Kier molecular flexibility index (Phi) is 5.83. The van der Waals surface area contributed by atoms with Crippen molar-refractivity contribution < 1.29 is 18.0 Å². The Hall–Kier alpha value is -3.50. The summed E-state index contributed by atoms with van der Waals surface area (Å²) in [7, 11) is -3.88. The summed E-state index contributed by atoms with van der Waals surface area (Å²) in [5.74, 6) is -0.771. The molecule has 10 heteroatoms. The molecule has 1 fully saturated rings. The monoisotopic (exact) mass is 439 g/mol. The smallest absolute Gasteiger partial charge is 0.255 e. The van der Waals surface area contributed by atoms with Crippen LogP contribution in [0.15, 0.2) is 72.1 Å². The third-order valence-electron chi connectivity index (χ3n) is 4.85. The number of aromatic nitrogens is 2. The molecule has 2 aromatic carbocycles. The van der Waals surface area contributed by atoms with Crippen LogP contribution in [0.3, 0.4) is 0 Å². The average Bonchev–Trinajstić information content (AvgIpc) is 3.27. The van der Waals surface area contributed by atoms with Crippen molar-refractivity contribution in [1.82, 2.24) is 19.2 Å². The topological polar surface area (TPSA) is 113 Å². The number of carbonyl (C=O) groups excluding carboxylic acids is 2. The molecule has 160 valence electrons. The molecule has 2 N–H and O–H groups in total. The summed E-state index contributed by atoms with van der Waals surface area (Å²) < 4.78 is 28.8. The Labute approximate surface area is 179 Å². The molecule has 0 unspecified atom stereocenters. The van der Waals surface area contributed by atoms with E-state index in [0.29, 0.717) is 12.2 Å². The van der Waals surface area contributed by atoms with Gasteiger partial charge in [0.15, 0.2) is 0 Å². The number of benzene rings is 2. The van der Waals surface area contributed by atoms with E-state index in [1.807, 2.05) is 29.0 Å². The largest absolute Gasteiger partial charge is 0.354 e. The lowest BCUT2D eigenvalue weighted by atomic mass is 10.1. The van der Waals surface area contributed by atoms with Crippen LogP contribution in [0.1, 0.15) is 15.9 Å². The molecule has 9 nitrogen and oxygen atoms in total. The lowest BCUT2D eigenvalue weighted by Gasteiger charge is -2.26. The van der Waals surface area contributed by atoms with Crippen LogP contribution in [0.5, 0.6) is 0 Å². The molecule has 0 spiro atoms. The second-order valence-electron chi connectivity index (χ2n) is 7.11. The zero-order valence-corrected chi connectivity index (χ0v) is 17.4. The normalized spacial score (nSPS) is 14.8. The van der Waals surface area contributed by atoms with Crippen LogP contribution in [-0.2, 0) is 21.4 Å². The number of anilines is 1. The number of amides is 2. The summed E-state index contributed by atoms with van der Waals surface area (Å²) in [5, 5.41) is 5.40. The molecule has 3 aromatic rings. The molecule has 0 radical (unpaired) electrons. The molecule has 0 aliphatic carbocycles. The van der Waals surface area contributed by atoms with Crippen molar-refractivity contribution in [2.24, 2.45) is 0 Å². The van der Waals surface area contributed by atoms with Gasteiger partial charge in [0, 0.05) is 43.3 Å². The number of imidazole rings is 1. The Morgan fingerprint density at radius 2 is 2.00 bits per heavy atom. The van der Waals surface area contributed by atoms with Gasteiger partial charge in [-0.2, -0.15) is 4.31 Å². The summed E-state index contributed by atoms with van der Waals surface area (Å²) in [5.41, 5.74) is 1.79. The number of nitrogens with one attached hydrogen (secondary N) is 2. The number of rotatable bonds is 6. The molecule has 1 aliphatic heterocycles. The van der Waals surface area contributed by atoms with Crippen LogP contribution >= 0.6 is 0 Å². The van der Waals surface area contributed by atoms with E-state index in [-0.39, 0.29) is 36.0 Å². The van der Waals surface area contributed by atoms with Gasteiger partial charge in [-0.1, -0.05) is 18.2 Å². The number of hydrogen-bond donors (Lipinski definition) is 2. The van der Waals surface area contributed by atoms with Crippen molar-refractivity contribution in [2.75, 3.05) is 25.0 Å². The summed E-state index contributed by atoms with van der Waals surface area (Å²) in [6, 6.07) is 13.2. The van der Waals surface area contributed by atoms with Crippen molar-refractivity contribution in [3.05, 3.63) is 78.4 Å². The van der Waals surface area contributed by atoms with Crippen LogP contribution in [0.4, 0.5) is 5.69 Å². The molecule has 2 heterocycles. The second-order valence-corrected chi connectivity index (χ2v) is 9.04. The van der Waals surface area contributed by atoms with Crippen molar-refractivity contribution >= 4 is 27.5 Å². The first-order valence-corrected chi connectivity index (χ1v) is 11.1. The summed E-state index contributed by atoms with van der Waals surface area (Å²) >= 11 is 0. The number of piperazine rings is 1. The van der Waals surface area contributed by atoms with E-state index < -0.39 is 15.9 Å². The highest BCUT2D eigenvalue weighted by Crippen LogP contribution is 2.19. The number of hydrogen-bond acceptors (Lipinski definition) is 5. The highest BCUT2D eigenvalue weighted by Gasteiger charge is 2.29. The fourth-order valence-corrected chi connectivity index (χ4v) is 4.75. The van der Waals surface area contributed by atoms with Gasteiger partial charge in [-0.25, -0.2) is 13.4 Å². The first-order chi connectivity index (χ1) is 14.9. The molecular weight excluding hydrogens is 418 g/mol. The van der Waals surface area contributed by atoms with Gasteiger partial charge in [-0.05, 0) is 35.9 Å². The quantitative estimate of drug-likeness (QED) is 0.601. The fourth-order valence-electron chi connectivity index (χ4n) is 3.31. The van der Waals surface area contributed by atoms with Gasteiger partial charge >= 0.3 is 0 Å². The second kappa shape index (κ2) is 8.70. The molecule has 1 aliphatic rings. The molecule has 0 bridgehead atoms. The number of nitrogens with zero attached hydrogens (tertiary/aromatic N) is 3. The maximum atomic E-state index is 12.9. The zero-order chi connectivity index (χ0) is 21.8. The third kappa shape index (κ3) is 4.81. The Bertz CT molecular complexity index is 1210. The predicted octanol–water partition coefficient (Wildman–Crippen LogP) is 1.30. The molecule has 0 saturated carbocycles. The Morgan fingerprint density at radius 3 is 2.77 bits per heavy atom. The number of carbonyl (C=O) groups is 2. The van der Waals surface area contributed by atoms with E-state index in [2.05, 4.69) is 15.6 Å². The Morgan fingerprint density at radius 1 is 1.16 bits per heavy atom. The molecule has 31 heavy (non-hydrogen) atoms. The van der Waals surface area contributed by atoms with E-state index in [4.69, 9.17) is 0 Å². The molecule has 2 amide bonds. The molecular formula is C21H21N5O4S. The van der Waals surface area contributed by atoms with E-state index in [9.17, 15) is 18.0 Å². The van der Waals surface area contributed by atoms with Crippen LogP contribution < -0.4 is 10.6 Å². The van der Waals surface area contributed by atoms with E-state index in [0.717, 1.165) is 9.87 Å². The van der Waals surface area contributed by atoms with Gasteiger partial charge < -0.3 is 15.2 Å². The average molecular weight is 439 g/mol. The van der Waals surface area contributed by atoms with Crippen LogP contribution in [0.2, 0.25) is 0 Å². The van der Waals surface area contributed by atoms with Gasteiger partial charge in [0.1, 0.15) is 0 Å². The number of sulfonamides is 1. The minimum absolute atomic E-state index is 0.0243. The lowest BCUT2D eigenvalue weighted by molar-refractivity contribution is -0.122. The highest BCUT2D eigenvalue weighted by molar-refractivity contribution is 7.89. The summed E-state index contributed by atoms with van der Waals surface area (Å²) in [4.78, 5) is 28.3. The van der Waals surface area contributed by atoms with E-state index >= 15 is 0 Å². The molecule has 0 atom stereocenters. The Balaban J connectivity index is 1.50. The fraction of sp³-hybridized carbons (Fsp3) is 0.190. The lowest BCUT2D eigenvalue weighted by Crippen LogP contribution is -2.49. The molecule has 1 saturated heterocycles. The van der Waals surface area contributed by atoms with Gasteiger partial charge in [-0.3, -0.25) is 9.59 Å². The predicted molar refractivity (Wildman–Crippen MR) is 114 cm³/mol. The minimum atomic E-state index is -3.88. The van der Waals surface area contributed by atoms with E-state index in [1.54, 1.807) is 24.7 Å². The summed E-state index contributed by atoms with van der Waals surface area (Å²) in [6.45, 7) is 0.825. The first kappa shape index (κ1) is 20.8. The molecule has 4 rings (SSSR count). The van der Waals surface area contributed by atoms with Crippen molar-refractivity contribution in [3.63, 3.8) is 0 Å². The van der Waals surface area contributed by atoms with Crippen LogP contribution in [0, 0.1) is 0 Å². The van der Waals surface area contributed by atoms with Gasteiger partial charge in [0.25, 0.3) is 5.91 Å². The van der Waals surface area contributed by atoms with Gasteiger partial charge in [-0.15, -0.1) is 0 Å².